The van der Waals surface area contributed by atoms with Gasteiger partial charge in [-0.3, -0.25) is 0 Å². The third-order valence-corrected chi connectivity index (χ3v) is 3.98. The van der Waals surface area contributed by atoms with Gasteiger partial charge in [0.05, 0.1) is 0 Å². The number of para-hydroxylation sites is 1. The molecule has 2 nitrogen and oxygen atoms in total. The summed E-state index contributed by atoms with van der Waals surface area (Å²) in [7, 11) is 2.00. The molecule has 1 unspecified atom stereocenters. The van der Waals surface area contributed by atoms with Crippen LogP contribution in [0.4, 0.5) is 0 Å². The Balaban J connectivity index is 2.18. The van der Waals surface area contributed by atoms with Gasteiger partial charge in [-0.2, -0.15) is 0 Å². The second-order valence-electron chi connectivity index (χ2n) is 5.12. The average molecular weight is 233 g/mol. The maximum atomic E-state index is 10.0. The van der Waals surface area contributed by atoms with Crippen LogP contribution in [0.25, 0.3) is 0 Å². The number of benzene rings is 1. The topological polar surface area (TPSA) is 32.3 Å². The number of phenols is 1. The molecule has 0 heterocycles. The van der Waals surface area contributed by atoms with Crippen molar-refractivity contribution in [3.63, 3.8) is 0 Å². The Morgan fingerprint density at radius 3 is 2.59 bits per heavy atom. The Kier molecular flexibility index (Phi) is 4.43. The highest BCUT2D eigenvalue weighted by Gasteiger charge is 2.26. The standard InChI is InChI=1S/C15H23NO/c1-16-11-14(12-7-3-2-4-8-12)13-9-5-6-10-15(13)17/h5-6,9-10,12,14,16-17H,2-4,7-8,11H2,1H3. The zero-order valence-corrected chi connectivity index (χ0v) is 10.7. The summed E-state index contributed by atoms with van der Waals surface area (Å²) >= 11 is 0. The van der Waals surface area contributed by atoms with Gasteiger partial charge in [-0.25, -0.2) is 0 Å². The Bertz CT molecular complexity index is 345. The van der Waals surface area contributed by atoms with Gasteiger partial charge >= 0.3 is 0 Å². The maximum Gasteiger partial charge on any atom is 0.119 e. The lowest BCUT2D eigenvalue weighted by atomic mass is 9.76. The summed E-state index contributed by atoms with van der Waals surface area (Å²) in [6.45, 7) is 0.961. The minimum absolute atomic E-state index is 0.457. The number of phenolic OH excluding ortho intramolecular Hbond substituents is 1. The fourth-order valence-electron chi connectivity index (χ4n) is 3.09. The van der Waals surface area contributed by atoms with E-state index in [-0.39, 0.29) is 0 Å². The van der Waals surface area contributed by atoms with E-state index >= 15 is 0 Å². The lowest BCUT2D eigenvalue weighted by Crippen LogP contribution is -2.25. The van der Waals surface area contributed by atoms with E-state index in [2.05, 4.69) is 11.4 Å². The molecule has 1 aliphatic rings. The SMILES string of the molecule is CNCC(c1ccccc1O)C1CCCCC1. The van der Waals surface area contributed by atoms with Gasteiger partial charge in [0, 0.05) is 12.5 Å². The van der Waals surface area contributed by atoms with Crippen LogP contribution in [0.15, 0.2) is 24.3 Å². The van der Waals surface area contributed by atoms with Crippen LogP contribution >= 0.6 is 0 Å². The summed E-state index contributed by atoms with van der Waals surface area (Å²) in [5.41, 5.74) is 1.12. The molecule has 0 aromatic heterocycles. The number of rotatable bonds is 4. The molecule has 0 aliphatic heterocycles. The van der Waals surface area contributed by atoms with E-state index in [1.807, 2.05) is 19.2 Å². The van der Waals surface area contributed by atoms with Crippen LogP contribution in [0.1, 0.15) is 43.6 Å². The quantitative estimate of drug-likeness (QED) is 0.836. The van der Waals surface area contributed by atoms with Crippen molar-refractivity contribution in [1.82, 2.24) is 5.32 Å². The summed E-state index contributed by atoms with van der Waals surface area (Å²) < 4.78 is 0. The highest BCUT2D eigenvalue weighted by Crippen LogP contribution is 2.38. The molecular weight excluding hydrogens is 210 g/mol. The molecule has 1 aliphatic carbocycles. The van der Waals surface area contributed by atoms with Crippen molar-refractivity contribution in [3.8, 4) is 5.75 Å². The number of likely N-dealkylation sites (N-methyl/N-ethyl adjacent to an activating group) is 1. The van der Waals surface area contributed by atoms with Crippen LogP contribution in [0.2, 0.25) is 0 Å². The zero-order valence-electron chi connectivity index (χ0n) is 10.7. The van der Waals surface area contributed by atoms with Crippen LogP contribution in [-0.2, 0) is 0 Å². The smallest absolute Gasteiger partial charge is 0.119 e. The number of nitrogens with one attached hydrogen (secondary N) is 1. The molecule has 0 radical (unpaired) electrons. The molecule has 1 saturated carbocycles. The molecule has 0 amide bonds. The second kappa shape index (κ2) is 6.06. The van der Waals surface area contributed by atoms with E-state index in [0.717, 1.165) is 18.0 Å². The highest BCUT2D eigenvalue weighted by molar-refractivity contribution is 5.35. The molecule has 17 heavy (non-hydrogen) atoms. The Hall–Kier alpha value is -1.02. The van der Waals surface area contributed by atoms with Gasteiger partial charge in [0.15, 0.2) is 0 Å². The van der Waals surface area contributed by atoms with Gasteiger partial charge in [-0.1, -0.05) is 37.5 Å². The van der Waals surface area contributed by atoms with E-state index in [1.165, 1.54) is 32.1 Å². The monoisotopic (exact) mass is 233 g/mol. The summed E-state index contributed by atoms with van der Waals surface area (Å²) in [5.74, 6) is 1.64. The molecule has 0 spiro atoms. The van der Waals surface area contributed by atoms with Crippen molar-refractivity contribution in [2.24, 2.45) is 5.92 Å². The first-order valence-corrected chi connectivity index (χ1v) is 6.75. The van der Waals surface area contributed by atoms with Crippen molar-refractivity contribution in [2.45, 2.75) is 38.0 Å². The third kappa shape index (κ3) is 3.01. The van der Waals surface area contributed by atoms with Crippen molar-refractivity contribution in [3.05, 3.63) is 29.8 Å². The molecule has 0 saturated heterocycles. The van der Waals surface area contributed by atoms with Gasteiger partial charge in [0.2, 0.25) is 0 Å². The van der Waals surface area contributed by atoms with Crippen LogP contribution in [0.3, 0.4) is 0 Å². The fraction of sp³-hybridized carbons (Fsp3) is 0.600. The number of aromatic hydroxyl groups is 1. The van der Waals surface area contributed by atoms with Crippen LogP contribution < -0.4 is 5.32 Å². The summed E-state index contributed by atoms with van der Waals surface area (Å²) in [5, 5.41) is 13.3. The predicted octanol–water partition coefficient (Wildman–Crippen LogP) is 3.28. The Labute approximate surface area is 104 Å². The minimum atomic E-state index is 0.457. The fourth-order valence-corrected chi connectivity index (χ4v) is 3.09. The van der Waals surface area contributed by atoms with Gasteiger partial charge in [-0.05, 0) is 37.4 Å². The molecule has 2 N–H and O–H groups in total. The Morgan fingerprint density at radius 1 is 1.24 bits per heavy atom. The molecule has 1 aromatic carbocycles. The first kappa shape index (κ1) is 12.4. The number of hydrogen-bond donors (Lipinski definition) is 2. The van der Waals surface area contributed by atoms with Crippen molar-refractivity contribution < 1.29 is 5.11 Å². The maximum absolute atomic E-state index is 10.0. The van der Waals surface area contributed by atoms with Gasteiger partial charge in [0.25, 0.3) is 0 Å². The Morgan fingerprint density at radius 2 is 1.94 bits per heavy atom. The molecule has 2 rings (SSSR count). The molecule has 2 heteroatoms. The van der Waals surface area contributed by atoms with Gasteiger partial charge in [-0.15, -0.1) is 0 Å². The highest BCUT2D eigenvalue weighted by atomic mass is 16.3. The molecule has 1 atom stereocenters. The van der Waals surface area contributed by atoms with E-state index in [0.29, 0.717) is 11.7 Å². The van der Waals surface area contributed by atoms with E-state index in [9.17, 15) is 5.11 Å². The molecule has 0 bridgehead atoms. The van der Waals surface area contributed by atoms with Crippen molar-refractivity contribution in [2.75, 3.05) is 13.6 Å². The molecule has 1 aromatic rings. The minimum Gasteiger partial charge on any atom is -0.508 e. The first-order valence-electron chi connectivity index (χ1n) is 6.75. The normalized spacial score (nSPS) is 19.1. The summed E-state index contributed by atoms with van der Waals surface area (Å²) in [6.07, 6.45) is 6.68. The second-order valence-corrected chi connectivity index (χ2v) is 5.12. The average Bonchev–Trinajstić information content (AvgIpc) is 2.38. The van der Waals surface area contributed by atoms with E-state index < -0.39 is 0 Å². The number of hydrogen-bond acceptors (Lipinski definition) is 2. The molecule has 1 fully saturated rings. The van der Waals surface area contributed by atoms with E-state index in [1.54, 1.807) is 6.07 Å². The van der Waals surface area contributed by atoms with Crippen LogP contribution in [0, 0.1) is 5.92 Å². The van der Waals surface area contributed by atoms with Gasteiger partial charge < -0.3 is 10.4 Å². The summed E-state index contributed by atoms with van der Waals surface area (Å²) in [4.78, 5) is 0. The predicted molar refractivity (Wildman–Crippen MR) is 71.3 cm³/mol. The third-order valence-electron chi connectivity index (χ3n) is 3.98. The van der Waals surface area contributed by atoms with Crippen molar-refractivity contribution >= 4 is 0 Å². The summed E-state index contributed by atoms with van der Waals surface area (Å²) in [6, 6.07) is 7.81. The zero-order chi connectivity index (χ0) is 12.1. The first-order chi connectivity index (χ1) is 8.33. The lowest BCUT2D eigenvalue weighted by Gasteiger charge is -2.31. The van der Waals surface area contributed by atoms with Crippen LogP contribution in [-0.4, -0.2) is 18.7 Å². The lowest BCUT2D eigenvalue weighted by molar-refractivity contribution is 0.295. The molecule has 94 valence electrons. The van der Waals surface area contributed by atoms with Crippen LogP contribution in [0.5, 0.6) is 5.75 Å². The molecular formula is C15H23NO. The largest absolute Gasteiger partial charge is 0.508 e. The van der Waals surface area contributed by atoms with E-state index in [4.69, 9.17) is 0 Å². The van der Waals surface area contributed by atoms with Crippen molar-refractivity contribution in [1.29, 1.82) is 0 Å². The van der Waals surface area contributed by atoms with Gasteiger partial charge in [0.1, 0.15) is 5.75 Å².